The van der Waals surface area contributed by atoms with Gasteiger partial charge >= 0.3 is 6.18 Å². The van der Waals surface area contributed by atoms with Crippen molar-refractivity contribution < 1.29 is 17.6 Å². The van der Waals surface area contributed by atoms with Crippen LogP contribution in [0.1, 0.15) is 5.69 Å². The maximum absolute atomic E-state index is 12.7. The lowest BCUT2D eigenvalue weighted by atomic mass is 10.3. The van der Waals surface area contributed by atoms with Crippen LogP contribution in [0.5, 0.6) is 0 Å². The summed E-state index contributed by atoms with van der Waals surface area (Å²) in [6.45, 7) is 0. The van der Waals surface area contributed by atoms with Crippen LogP contribution in [-0.4, -0.2) is 9.97 Å². The number of hydrogen-bond donors (Lipinski definition) is 3. The number of nitrogens with two attached hydrogens (primary N) is 1. The topological polar surface area (TPSA) is 75.9 Å². The molecule has 20 heavy (non-hydrogen) atoms. The lowest BCUT2D eigenvalue weighted by Gasteiger charge is -2.11. The Kier molecular flexibility index (Phi) is 3.70. The maximum atomic E-state index is 12.7. The first kappa shape index (κ1) is 14.0. The molecule has 1 aromatic heterocycles. The number of nitrogens with one attached hydrogen (secondary N) is 2. The van der Waals surface area contributed by atoms with E-state index in [4.69, 9.17) is 5.84 Å². The Morgan fingerprint density at radius 3 is 2.25 bits per heavy atom. The lowest BCUT2D eigenvalue weighted by Crippen LogP contribution is -2.16. The Labute approximate surface area is 110 Å². The zero-order valence-electron chi connectivity index (χ0n) is 9.87. The Hall–Kier alpha value is -2.42. The summed E-state index contributed by atoms with van der Waals surface area (Å²) in [6.07, 6.45) is -4.63. The molecule has 5 nitrogen and oxygen atoms in total. The fourth-order valence-corrected chi connectivity index (χ4v) is 1.40. The summed E-state index contributed by atoms with van der Waals surface area (Å²) in [5, 5.41) is 2.60. The number of hydrazine groups is 1. The van der Waals surface area contributed by atoms with Gasteiger partial charge in [-0.25, -0.2) is 15.2 Å². The molecule has 0 saturated heterocycles. The number of aromatic nitrogens is 2. The molecule has 0 unspecified atom stereocenters. The van der Waals surface area contributed by atoms with Crippen LogP contribution in [0, 0.1) is 5.82 Å². The van der Waals surface area contributed by atoms with Gasteiger partial charge in [-0.05, 0) is 24.3 Å². The van der Waals surface area contributed by atoms with E-state index in [1.54, 1.807) is 0 Å². The van der Waals surface area contributed by atoms with Gasteiger partial charge in [-0.15, -0.1) is 0 Å². The molecule has 0 amide bonds. The van der Waals surface area contributed by atoms with Gasteiger partial charge in [0.25, 0.3) is 0 Å². The van der Waals surface area contributed by atoms with Crippen LogP contribution in [0.25, 0.3) is 0 Å². The first-order valence-electron chi connectivity index (χ1n) is 5.34. The molecular formula is C11H9F4N5. The molecule has 0 bridgehead atoms. The minimum atomic E-state index is -4.63. The Bertz CT molecular complexity index is 597. The number of halogens is 4. The van der Waals surface area contributed by atoms with Crippen molar-refractivity contribution in [2.45, 2.75) is 6.18 Å². The summed E-state index contributed by atoms with van der Waals surface area (Å²) in [7, 11) is 0. The minimum Gasteiger partial charge on any atom is -0.340 e. The molecule has 0 saturated carbocycles. The first-order valence-corrected chi connectivity index (χ1v) is 5.34. The molecule has 0 spiro atoms. The van der Waals surface area contributed by atoms with Gasteiger partial charge in [-0.2, -0.15) is 18.2 Å². The average Bonchev–Trinajstić information content (AvgIpc) is 2.40. The van der Waals surface area contributed by atoms with E-state index in [-0.39, 0.29) is 11.8 Å². The lowest BCUT2D eigenvalue weighted by molar-refractivity contribution is -0.141. The van der Waals surface area contributed by atoms with E-state index in [0.29, 0.717) is 5.69 Å². The molecule has 0 radical (unpaired) electrons. The second kappa shape index (κ2) is 5.29. The van der Waals surface area contributed by atoms with Gasteiger partial charge in [0, 0.05) is 11.8 Å². The maximum Gasteiger partial charge on any atom is 0.433 e. The molecule has 1 heterocycles. The normalized spacial score (nSPS) is 11.2. The fourth-order valence-electron chi connectivity index (χ4n) is 1.40. The second-order valence-electron chi connectivity index (χ2n) is 3.74. The molecule has 0 fully saturated rings. The number of nitrogens with zero attached hydrogens (tertiary/aromatic N) is 2. The first-order chi connectivity index (χ1) is 9.38. The molecule has 1 aromatic carbocycles. The monoisotopic (exact) mass is 287 g/mol. The summed E-state index contributed by atoms with van der Waals surface area (Å²) >= 11 is 0. The van der Waals surface area contributed by atoms with Gasteiger partial charge in [-0.1, -0.05) is 0 Å². The highest BCUT2D eigenvalue weighted by Crippen LogP contribution is 2.30. The summed E-state index contributed by atoms with van der Waals surface area (Å²) in [6, 6.07) is 5.78. The molecule has 0 atom stereocenters. The third-order valence-electron chi connectivity index (χ3n) is 2.26. The summed E-state index contributed by atoms with van der Waals surface area (Å²) in [5.74, 6) is 4.06. The average molecular weight is 287 g/mol. The van der Waals surface area contributed by atoms with Crippen molar-refractivity contribution in [1.29, 1.82) is 0 Å². The van der Waals surface area contributed by atoms with Crippen LogP contribution in [0.15, 0.2) is 30.3 Å². The van der Waals surface area contributed by atoms with Crippen molar-refractivity contribution in [3.8, 4) is 0 Å². The number of benzene rings is 1. The van der Waals surface area contributed by atoms with Crippen molar-refractivity contribution in [3.63, 3.8) is 0 Å². The summed E-state index contributed by atoms with van der Waals surface area (Å²) in [5.41, 5.74) is 1.18. The number of anilines is 3. The van der Waals surface area contributed by atoms with E-state index in [1.807, 2.05) is 5.43 Å². The van der Waals surface area contributed by atoms with Crippen molar-refractivity contribution in [2.24, 2.45) is 5.84 Å². The van der Waals surface area contributed by atoms with Crippen LogP contribution in [0.2, 0.25) is 0 Å². The van der Waals surface area contributed by atoms with Crippen molar-refractivity contribution in [3.05, 3.63) is 41.8 Å². The summed E-state index contributed by atoms with van der Waals surface area (Å²) in [4.78, 5) is 6.94. The van der Waals surface area contributed by atoms with Gasteiger partial charge in [0.05, 0.1) is 0 Å². The van der Waals surface area contributed by atoms with E-state index in [0.717, 1.165) is 18.2 Å². The van der Waals surface area contributed by atoms with E-state index in [9.17, 15) is 17.6 Å². The van der Waals surface area contributed by atoms with Gasteiger partial charge in [0.15, 0.2) is 5.69 Å². The predicted molar refractivity (Wildman–Crippen MR) is 64.5 cm³/mol. The van der Waals surface area contributed by atoms with E-state index < -0.39 is 17.7 Å². The van der Waals surface area contributed by atoms with Crippen LogP contribution in [0.4, 0.5) is 35.0 Å². The number of hydrogen-bond acceptors (Lipinski definition) is 5. The van der Waals surface area contributed by atoms with Crippen molar-refractivity contribution in [2.75, 3.05) is 10.7 Å². The van der Waals surface area contributed by atoms with E-state index in [1.165, 1.54) is 12.1 Å². The molecule has 0 aliphatic rings. The van der Waals surface area contributed by atoms with E-state index >= 15 is 0 Å². The molecular weight excluding hydrogens is 278 g/mol. The van der Waals surface area contributed by atoms with Gasteiger partial charge in [0.2, 0.25) is 5.95 Å². The summed E-state index contributed by atoms with van der Waals surface area (Å²) < 4.78 is 50.7. The standard InChI is InChI=1S/C11H9F4N5/c12-6-1-3-7(4-2-6)17-9-5-8(11(13,14)15)18-10(19-9)20-16/h1-5H,16H2,(H2,17,18,19,20). The molecule has 2 aromatic rings. The molecule has 106 valence electrons. The molecule has 0 aliphatic carbocycles. The predicted octanol–water partition coefficient (Wildman–Crippen LogP) is 2.66. The van der Waals surface area contributed by atoms with Gasteiger partial charge < -0.3 is 5.32 Å². The number of alkyl halides is 3. The molecule has 0 aliphatic heterocycles. The van der Waals surface area contributed by atoms with Crippen LogP contribution >= 0.6 is 0 Å². The molecule has 4 N–H and O–H groups in total. The smallest absolute Gasteiger partial charge is 0.340 e. The van der Waals surface area contributed by atoms with E-state index in [2.05, 4.69) is 15.3 Å². The van der Waals surface area contributed by atoms with Crippen LogP contribution < -0.4 is 16.6 Å². The molecule has 9 heteroatoms. The highest BCUT2D eigenvalue weighted by atomic mass is 19.4. The largest absolute Gasteiger partial charge is 0.433 e. The van der Waals surface area contributed by atoms with Crippen LogP contribution in [-0.2, 0) is 6.18 Å². The quantitative estimate of drug-likeness (QED) is 0.459. The van der Waals surface area contributed by atoms with Gasteiger partial charge in [0.1, 0.15) is 11.6 Å². The SMILES string of the molecule is NNc1nc(Nc2ccc(F)cc2)cc(C(F)(F)F)n1. The second-order valence-corrected chi connectivity index (χ2v) is 3.74. The highest BCUT2D eigenvalue weighted by Gasteiger charge is 2.33. The molecule has 2 rings (SSSR count). The Morgan fingerprint density at radius 2 is 1.70 bits per heavy atom. The minimum absolute atomic E-state index is 0.119. The third kappa shape index (κ3) is 3.32. The Balaban J connectivity index is 2.33. The van der Waals surface area contributed by atoms with Gasteiger partial charge in [-0.3, -0.25) is 5.43 Å². The highest BCUT2D eigenvalue weighted by molar-refractivity contribution is 5.57. The third-order valence-corrected chi connectivity index (χ3v) is 2.26. The number of rotatable bonds is 3. The van der Waals surface area contributed by atoms with Crippen LogP contribution in [0.3, 0.4) is 0 Å². The zero-order chi connectivity index (χ0) is 14.8. The number of nitrogen functional groups attached to an aromatic ring is 1. The Morgan fingerprint density at radius 1 is 1.05 bits per heavy atom. The zero-order valence-corrected chi connectivity index (χ0v) is 9.87. The van der Waals surface area contributed by atoms with Crippen molar-refractivity contribution >= 4 is 17.5 Å². The fraction of sp³-hybridized carbons (Fsp3) is 0.0909. The van der Waals surface area contributed by atoms with Crippen molar-refractivity contribution in [1.82, 2.24) is 9.97 Å².